The Bertz CT molecular complexity index is 1370. The van der Waals surface area contributed by atoms with Crippen LogP contribution in [-0.2, 0) is 16.2 Å². The highest BCUT2D eigenvalue weighted by Crippen LogP contribution is 2.25. The molecule has 3 aromatic rings. The van der Waals surface area contributed by atoms with Crippen LogP contribution in [0.1, 0.15) is 32.6 Å². The Morgan fingerprint density at radius 1 is 0.971 bits per heavy atom. The molecule has 8 heteroatoms. The number of aryl methyl sites for hydroxylation is 2. The molecule has 35 heavy (non-hydrogen) atoms. The molecular formula is C27H22N2O6. The number of hydrogen-bond acceptors (Lipinski definition) is 5. The van der Waals surface area contributed by atoms with Crippen LogP contribution >= 0.6 is 0 Å². The van der Waals surface area contributed by atoms with E-state index in [1.54, 1.807) is 48.5 Å². The SMILES string of the molecule is Cc1ccc(N2C(=O)NC(=O)/C(=C\c3ccc(OCc4cccc(C(=O)O)c4)cc3)C2=O)cc1C. The number of carboxylic acid groups (broad SMARTS) is 1. The summed E-state index contributed by atoms with van der Waals surface area (Å²) in [6.45, 7) is 3.97. The van der Waals surface area contributed by atoms with E-state index < -0.39 is 23.8 Å². The first-order valence-electron chi connectivity index (χ1n) is 10.8. The van der Waals surface area contributed by atoms with E-state index >= 15 is 0 Å². The third-order valence-corrected chi connectivity index (χ3v) is 5.62. The maximum atomic E-state index is 13.1. The van der Waals surface area contributed by atoms with Crippen molar-refractivity contribution in [2.45, 2.75) is 20.5 Å². The summed E-state index contributed by atoms with van der Waals surface area (Å²) in [6.07, 6.45) is 1.41. The second-order valence-electron chi connectivity index (χ2n) is 8.09. The number of nitrogens with one attached hydrogen (secondary N) is 1. The number of benzene rings is 3. The Kier molecular flexibility index (Phi) is 6.46. The van der Waals surface area contributed by atoms with Gasteiger partial charge in [-0.05, 0) is 78.6 Å². The minimum Gasteiger partial charge on any atom is -0.489 e. The predicted molar refractivity (Wildman–Crippen MR) is 129 cm³/mol. The van der Waals surface area contributed by atoms with E-state index in [4.69, 9.17) is 9.84 Å². The molecule has 0 bridgehead atoms. The lowest BCUT2D eigenvalue weighted by molar-refractivity contribution is -0.122. The molecule has 0 saturated carbocycles. The molecule has 4 rings (SSSR count). The zero-order chi connectivity index (χ0) is 25.1. The quantitative estimate of drug-likeness (QED) is 0.411. The topological polar surface area (TPSA) is 113 Å². The number of anilines is 1. The number of amides is 4. The Balaban J connectivity index is 1.51. The second kappa shape index (κ2) is 9.64. The van der Waals surface area contributed by atoms with Crippen molar-refractivity contribution in [1.29, 1.82) is 0 Å². The van der Waals surface area contributed by atoms with Gasteiger partial charge in [-0.3, -0.25) is 14.9 Å². The van der Waals surface area contributed by atoms with Crippen LogP contribution < -0.4 is 15.0 Å². The average molecular weight is 470 g/mol. The van der Waals surface area contributed by atoms with Gasteiger partial charge in [-0.2, -0.15) is 0 Å². The van der Waals surface area contributed by atoms with Crippen molar-refractivity contribution in [3.05, 3.63) is 100 Å². The molecule has 0 atom stereocenters. The summed E-state index contributed by atoms with van der Waals surface area (Å²) in [5.41, 5.74) is 3.59. The first-order valence-corrected chi connectivity index (χ1v) is 10.8. The number of urea groups is 1. The summed E-state index contributed by atoms with van der Waals surface area (Å²) in [6, 6.07) is 17.5. The molecule has 1 saturated heterocycles. The van der Waals surface area contributed by atoms with Gasteiger partial charge in [-0.15, -0.1) is 0 Å². The number of carboxylic acids is 1. The number of imide groups is 2. The fourth-order valence-electron chi connectivity index (χ4n) is 3.54. The van der Waals surface area contributed by atoms with Gasteiger partial charge in [0.2, 0.25) is 0 Å². The summed E-state index contributed by atoms with van der Waals surface area (Å²) in [7, 11) is 0. The Morgan fingerprint density at radius 2 is 1.71 bits per heavy atom. The number of nitrogens with zero attached hydrogens (tertiary/aromatic N) is 1. The maximum Gasteiger partial charge on any atom is 0.335 e. The monoisotopic (exact) mass is 470 g/mol. The molecule has 4 amide bonds. The van der Waals surface area contributed by atoms with Crippen LogP contribution in [0.5, 0.6) is 5.75 Å². The van der Waals surface area contributed by atoms with Crippen LogP contribution in [0, 0.1) is 13.8 Å². The van der Waals surface area contributed by atoms with Crippen LogP contribution in [0.2, 0.25) is 0 Å². The highest BCUT2D eigenvalue weighted by Gasteiger charge is 2.36. The molecule has 1 aliphatic heterocycles. The fourth-order valence-corrected chi connectivity index (χ4v) is 3.54. The van der Waals surface area contributed by atoms with Gasteiger partial charge in [-0.25, -0.2) is 14.5 Å². The minimum atomic E-state index is -1.01. The van der Waals surface area contributed by atoms with Crippen LogP contribution in [0.25, 0.3) is 6.08 Å². The molecule has 1 heterocycles. The summed E-state index contributed by atoms with van der Waals surface area (Å²) in [4.78, 5) is 49.9. The summed E-state index contributed by atoms with van der Waals surface area (Å²) in [5, 5.41) is 11.3. The van der Waals surface area contributed by atoms with Gasteiger partial charge in [0.05, 0.1) is 11.3 Å². The molecule has 0 unspecified atom stereocenters. The molecule has 0 aromatic heterocycles. The van der Waals surface area contributed by atoms with Gasteiger partial charge < -0.3 is 9.84 Å². The number of barbiturate groups is 1. The highest BCUT2D eigenvalue weighted by molar-refractivity contribution is 6.39. The van der Waals surface area contributed by atoms with Crippen molar-refractivity contribution < 1.29 is 29.0 Å². The van der Waals surface area contributed by atoms with E-state index in [2.05, 4.69) is 5.32 Å². The normalized spacial score (nSPS) is 14.7. The highest BCUT2D eigenvalue weighted by atomic mass is 16.5. The Morgan fingerprint density at radius 3 is 2.40 bits per heavy atom. The Hall–Kier alpha value is -4.72. The van der Waals surface area contributed by atoms with E-state index in [0.717, 1.165) is 16.0 Å². The third-order valence-electron chi connectivity index (χ3n) is 5.62. The molecule has 0 spiro atoms. The first kappa shape index (κ1) is 23.4. The lowest BCUT2D eigenvalue weighted by Crippen LogP contribution is -2.54. The molecule has 1 fully saturated rings. The molecule has 2 N–H and O–H groups in total. The van der Waals surface area contributed by atoms with Crippen LogP contribution in [0.3, 0.4) is 0 Å². The van der Waals surface area contributed by atoms with Crippen molar-refractivity contribution in [1.82, 2.24) is 5.32 Å². The lowest BCUT2D eigenvalue weighted by Gasteiger charge is -2.26. The number of hydrogen-bond donors (Lipinski definition) is 2. The number of carbonyl (C=O) groups excluding carboxylic acids is 3. The van der Waals surface area contributed by atoms with Crippen LogP contribution in [0.15, 0.2) is 72.3 Å². The largest absolute Gasteiger partial charge is 0.489 e. The van der Waals surface area contributed by atoms with Crippen molar-refractivity contribution in [3.63, 3.8) is 0 Å². The molecule has 8 nitrogen and oxygen atoms in total. The van der Waals surface area contributed by atoms with Gasteiger partial charge in [0.15, 0.2) is 0 Å². The number of ether oxygens (including phenoxy) is 1. The van der Waals surface area contributed by atoms with Crippen LogP contribution in [-0.4, -0.2) is 28.9 Å². The fraction of sp³-hybridized carbons (Fsp3) is 0.111. The van der Waals surface area contributed by atoms with E-state index in [-0.39, 0.29) is 17.7 Å². The van der Waals surface area contributed by atoms with Crippen molar-refractivity contribution in [3.8, 4) is 5.75 Å². The molecule has 1 aliphatic rings. The zero-order valence-corrected chi connectivity index (χ0v) is 19.1. The van der Waals surface area contributed by atoms with Gasteiger partial charge in [-0.1, -0.05) is 30.3 Å². The van der Waals surface area contributed by atoms with Gasteiger partial charge >= 0.3 is 12.0 Å². The molecule has 3 aromatic carbocycles. The molecule has 0 radical (unpaired) electrons. The first-order chi connectivity index (χ1) is 16.7. The smallest absolute Gasteiger partial charge is 0.335 e. The maximum absolute atomic E-state index is 13.1. The average Bonchev–Trinajstić information content (AvgIpc) is 2.83. The van der Waals surface area contributed by atoms with E-state index in [9.17, 15) is 19.2 Å². The van der Waals surface area contributed by atoms with Crippen molar-refractivity contribution >= 4 is 35.6 Å². The summed E-state index contributed by atoms with van der Waals surface area (Å²) < 4.78 is 5.71. The van der Waals surface area contributed by atoms with E-state index in [1.165, 1.54) is 18.2 Å². The molecule has 0 aliphatic carbocycles. The van der Waals surface area contributed by atoms with Crippen LogP contribution in [0.4, 0.5) is 10.5 Å². The predicted octanol–water partition coefficient (Wildman–Crippen LogP) is 4.25. The van der Waals surface area contributed by atoms with E-state index in [1.807, 2.05) is 19.9 Å². The number of aromatic carboxylic acids is 1. The zero-order valence-electron chi connectivity index (χ0n) is 19.1. The van der Waals surface area contributed by atoms with Crippen molar-refractivity contribution in [2.75, 3.05) is 4.90 Å². The summed E-state index contributed by atoms with van der Waals surface area (Å²) >= 11 is 0. The minimum absolute atomic E-state index is 0.165. The van der Waals surface area contributed by atoms with Gasteiger partial charge in [0, 0.05) is 0 Å². The van der Waals surface area contributed by atoms with Gasteiger partial charge in [0.25, 0.3) is 11.8 Å². The summed E-state index contributed by atoms with van der Waals surface area (Å²) in [5.74, 6) is -1.96. The lowest BCUT2D eigenvalue weighted by atomic mass is 10.1. The standard InChI is InChI=1S/C27H22N2O6/c1-16-6-9-21(12-17(16)2)29-25(31)23(24(30)28-27(29)34)14-18-7-10-22(11-8-18)35-15-19-4-3-5-20(13-19)26(32)33/h3-14H,15H2,1-2H3,(H,32,33)(H,28,30,34)/b23-14+. The third kappa shape index (κ3) is 5.11. The molecule has 176 valence electrons. The van der Waals surface area contributed by atoms with Gasteiger partial charge in [0.1, 0.15) is 17.9 Å². The number of carbonyl (C=O) groups is 4. The molecular weight excluding hydrogens is 448 g/mol. The van der Waals surface area contributed by atoms with Crippen molar-refractivity contribution in [2.24, 2.45) is 0 Å². The Labute approximate surface area is 201 Å². The number of rotatable bonds is 6. The van der Waals surface area contributed by atoms with E-state index in [0.29, 0.717) is 22.6 Å². The second-order valence-corrected chi connectivity index (χ2v) is 8.09.